The third-order valence-electron chi connectivity index (χ3n) is 5.27. The first-order valence-corrected chi connectivity index (χ1v) is 13.1. The quantitative estimate of drug-likeness (QED) is 0.259. The van der Waals surface area contributed by atoms with Gasteiger partial charge in [-0.2, -0.15) is 0 Å². The summed E-state index contributed by atoms with van der Waals surface area (Å²) in [6.07, 6.45) is 2.20. The van der Waals surface area contributed by atoms with Crippen molar-refractivity contribution in [3.8, 4) is 12.3 Å². The Labute approximate surface area is 205 Å². The number of aliphatic hydroxyl groups is 1. The molecule has 0 aromatic carbocycles. The highest BCUT2D eigenvalue weighted by Crippen LogP contribution is 2.51. The Morgan fingerprint density at radius 1 is 1.51 bits per heavy atom. The lowest BCUT2D eigenvalue weighted by Crippen LogP contribution is -2.42. The summed E-state index contributed by atoms with van der Waals surface area (Å²) in [5, 5.41) is 10.6. The lowest BCUT2D eigenvalue weighted by atomic mass is 9.97. The number of aliphatic hydroxyl groups excluding tert-OH is 1. The lowest BCUT2D eigenvalue weighted by Gasteiger charge is -2.25. The van der Waals surface area contributed by atoms with Gasteiger partial charge in [-0.15, -0.1) is 6.42 Å². The molecule has 0 radical (unpaired) electrons. The van der Waals surface area contributed by atoms with Crippen molar-refractivity contribution in [2.75, 3.05) is 33.1 Å². The number of alkyl halides is 1. The minimum Gasteiger partial charge on any atom is -0.386 e. The maximum absolute atomic E-state index is 15.9. The van der Waals surface area contributed by atoms with Crippen molar-refractivity contribution in [2.24, 2.45) is 0 Å². The maximum Gasteiger partial charge on any atom is 0.407 e. The number of carbonyl (C=O) groups is 1. The number of rotatable bonds is 10. The molecule has 0 bridgehead atoms. The first-order chi connectivity index (χ1) is 16.5. The van der Waals surface area contributed by atoms with Gasteiger partial charge < -0.3 is 14.8 Å². The molecule has 0 saturated carbocycles. The fraction of sp³-hybridized carbons (Fsp3) is 0.600. The Morgan fingerprint density at radius 2 is 2.23 bits per heavy atom. The Morgan fingerprint density at radius 3 is 2.83 bits per heavy atom. The summed E-state index contributed by atoms with van der Waals surface area (Å²) in [5.74, 6) is 2.54. The number of ether oxygens (including phenoxy) is 1. The molecule has 35 heavy (non-hydrogen) atoms. The zero-order valence-corrected chi connectivity index (χ0v) is 21.3. The molecule has 2 aromatic rings. The predicted octanol–water partition coefficient (Wildman–Crippen LogP) is 1.26. The fourth-order valence-electron chi connectivity index (χ4n) is 3.40. The molecule has 2 aromatic heterocycles. The van der Waals surface area contributed by atoms with Gasteiger partial charge >= 0.3 is 7.75 Å². The van der Waals surface area contributed by atoms with Crippen LogP contribution in [0, 0.1) is 12.3 Å². The minimum atomic E-state index is -3.85. The van der Waals surface area contributed by atoms with Crippen molar-refractivity contribution in [2.45, 2.75) is 44.4 Å². The van der Waals surface area contributed by atoms with Gasteiger partial charge in [0.05, 0.1) is 19.5 Å². The van der Waals surface area contributed by atoms with E-state index in [1.165, 1.54) is 25.7 Å². The monoisotopic (exact) mass is 531 g/mol. The van der Waals surface area contributed by atoms with E-state index >= 15 is 4.39 Å². The molecule has 3 heterocycles. The Balaban J connectivity index is 1.83. The van der Waals surface area contributed by atoms with E-state index in [-0.39, 0.29) is 28.6 Å². The summed E-state index contributed by atoms with van der Waals surface area (Å²) in [6, 6.07) is 0. The van der Waals surface area contributed by atoms with Gasteiger partial charge in [0.25, 0.3) is 5.56 Å². The molecule has 0 aliphatic carbocycles. The molecule has 192 valence electrons. The summed E-state index contributed by atoms with van der Waals surface area (Å²) in [4.78, 5) is 34.2. The molecule has 2 N–H and O–H groups in total. The second-order valence-corrected chi connectivity index (χ2v) is 11.4. The summed E-state index contributed by atoms with van der Waals surface area (Å²) in [5.41, 5.74) is -3.26. The molecule has 3 rings (SSSR count). The third-order valence-corrected chi connectivity index (χ3v) is 8.01. The lowest BCUT2D eigenvalue weighted by molar-refractivity contribution is -0.109. The van der Waals surface area contributed by atoms with Crippen LogP contribution in [0.2, 0.25) is 0 Å². The number of hydrogen-bond acceptors (Lipinski definition) is 10. The van der Waals surface area contributed by atoms with E-state index in [1.54, 1.807) is 6.92 Å². The van der Waals surface area contributed by atoms with Gasteiger partial charge in [-0.3, -0.25) is 23.2 Å². The summed E-state index contributed by atoms with van der Waals surface area (Å²) < 4.78 is 47.8. The highest BCUT2D eigenvalue weighted by molar-refractivity contribution is 8.13. The van der Waals surface area contributed by atoms with Crippen molar-refractivity contribution < 1.29 is 32.6 Å². The summed E-state index contributed by atoms with van der Waals surface area (Å²) in [7, 11) is -0.932. The number of aromatic amines is 1. The van der Waals surface area contributed by atoms with Crippen LogP contribution in [0.25, 0.3) is 11.2 Å². The molecule has 15 heteroatoms. The van der Waals surface area contributed by atoms with Crippen molar-refractivity contribution in [1.29, 1.82) is 0 Å². The van der Waals surface area contributed by atoms with E-state index in [0.29, 0.717) is 12.2 Å². The number of aryl methyl sites for hydroxylation is 1. The van der Waals surface area contributed by atoms with Crippen LogP contribution < -0.4 is 5.56 Å². The molecule has 0 amide bonds. The summed E-state index contributed by atoms with van der Waals surface area (Å²) in [6.45, 7) is 2.60. The zero-order valence-electron chi connectivity index (χ0n) is 19.6. The van der Waals surface area contributed by atoms with Crippen LogP contribution in [0.4, 0.5) is 4.39 Å². The van der Waals surface area contributed by atoms with Gasteiger partial charge in [0.1, 0.15) is 18.0 Å². The van der Waals surface area contributed by atoms with E-state index in [9.17, 15) is 19.3 Å². The van der Waals surface area contributed by atoms with Crippen LogP contribution in [0.15, 0.2) is 11.1 Å². The number of carbonyl (C=O) groups excluding carboxylic acids is 1. The number of H-pyrrole nitrogens is 1. The second-order valence-electron chi connectivity index (χ2n) is 7.86. The number of fused-ring (bicyclic) bond motifs is 1. The summed E-state index contributed by atoms with van der Waals surface area (Å²) >= 11 is 0.999. The Hall–Kier alpha value is -2.11. The number of aromatic nitrogens is 4. The topological polar surface area (TPSA) is 149 Å². The van der Waals surface area contributed by atoms with Gasteiger partial charge in [-0.1, -0.05) is 24.6 Å². The van der Waals surface area contributed by atoms with Crippen LogP contribution in [0.1, 0.15) is 25.9 Å². The standard InChI is InChI=1S/C20H27FN5O7PS/c1-6-14-23-17-15(18(29)24-14)22-11-26(17)19-20(21,7-2)16(28)13(33-19)10-32-34(30,25(4)5)31-8-9-35-12(3)27/h2,11,13,16,19,28H,6,8-10H2,1,3-5H3,(H,23,24,29)/t13-,16?,19-,20+,34?/m1/s1. The van der Waals surface area contributed by atoms with Gasteiger partial charge in [-0.25, -0.2) is 23.6 Å². The number of hydrogen-bond donors (Lipinski definition) is 2. The van der Waals surface area contributed by atoms with Crippen molar-refractivity contribution in [3.63, 3.8) is 0 Å². The molecular weight excluding hydrogens is 504 g/mol. The van der Waals surface area contributed by atoms with Crippen LogP contribution in [-0.4, -0.2) is 85.3 Å². The normalized spacial score (nSPS) is 26.2. The molecule has 1 fully saturated rings. The molecule has 12 nitrogen and oxygen atoms in total. The van der Waals surface area contributed by atoms with Crippen molar-refractivity contribution in [1.82, 2.24) is 24.2 Å². The van der Waals surface area contributed by atoms with Gasteiger partial charge in [-0.05, 0) is 14.1 Å². The SMILES string of the molecule is C#C[C@]1(F)C(O)[C@@H](COP(=O)(OCCSC(C)=O)N(C)C)O[C@H]1n1cnc2c(=O)[nH]c(CC)nc21. The maximum atomic E-state index is 15.9. The highest BCUT2D eigenvalue weighted by atomic mass is 32.2. The molecule has 5 atom stereocenters. The third kappa shape index (κ3) is 5.51. The fourth-order valence-corrected chi connectivity index (χ4v) is 5.17. The first kappa shape index (κ1) is 27.5. The molecule has 2 unspecified atom stereocenters. The average molecular weight is 532 g/mol. The van der Waals surface area contributed by atoms with Crippen LogP contribution in [0.3, 0.4) is 0 Å². The molecular formula is C20H27FN5O7PS. The van der Waals surface area contributed by atoms with Gasteiger partial charge in [0.15, 0.2) is 22.5 Å². The number of halogens is 1. The van der Waals surface area contributed by atoms with E-state index < -0.39 is 44.0 Å². The highest BCUT2D eigenvalue weighted by Gasteiger charge is 2.58. The van der Waals surface area contributed by atoms with Crippen LogP contribution >= 0.6 is 19.5 Å². The smallest absolute Gasteiger partial charge is 0.386 e. The van der Waals surface area contributed by atoms with Gasteiger partial charge in [0.2, 0.25) is 5.67 Å². The number of terminal acetylenes is 1. The van der Waals surface area contributed by atoms with E-state index in [2.05, 4.69) is 15.0 Å². The first-order valence-electron chi connectivity index (χ1n) is 10.6. The zero-order chi connectivity index (χ0) is 26.0. The number of nitrogens with zero attached hydrogens (tertiary/aromatic N) is 4. The molecule has 1 aliphatic heterocycles. The van der Waals surface area contributed by atoms with E-state index in [4.69, 9.17) is 20.2 Å². The van der Waals surface area contributed by atoms with Crippen LogP contribution in [0.5, 0.6) is 0 Å². The van der Waals surface area contributed by atoms with E-state index in [1.807, 2.05) is 5.92 Å². The second kappa shape index (κ2) is 10.9. The predicted molar refractivity (Wildman–Crippen MR) is 126 cm³/mol. The number of nitrogens with one attached hydrogen (secondary N) is 1. The Bertz CT molecular complexity index is 1230. The van der Waals surface area contributed by atoms with Gasteiger partial charge in [0, 0.05) is 19.1 Å². The largest absolute Gasteiger partial charge is 0.407 e. The number of imidazole rings is 1. The van der Waals surface area contributed by atoms with Crippen LogP contribution in [-0.2, 0) is 29.6 Å². The minimum absolute atomic E-state index is 0.0342. The van der Waals surface area contributed by atoms with E-state index in [0.717, 1.165) is 22.7 Å². The van der Waals surface area contributed by atoms with Crippen molar-refractivity contribution >= 4 is 35.8 Å². The average Bonchev–Trinajstić information content (AvgIpc) is 3.34. The number of thioether (sulfide) groups is 1. The molecule has 0 spiro atoms. The van der Waals surface area contributed by atoms with Crippen molar-refractivity contribution in [3.05, 3.63) is 22.5 Å². The molecule has 1 saturated heterocycles. The Kier molecular flexibility index (Phi) is 8.54. The molecule has 1 aliphatic rings.